The highest BCUT2D eigenvalue weighted by atomic mass is 14.8. The van der Waals surface area contributed by atoms with Crippen molar-refractivity contribution in [1.82, 2.24) is 9.97 Å². The quantitative estimate of drug-likeness (QED) is 0.687. The molecule has 0 fully saturated rings. The molecule has 0 bridgehead atoms. The van der Waals surface area contributed by atoms with Gasteiger partial charge in [0, 0.05) is 18.0 Å². The van der Waals surface area contributed by atoms with Crippen LogP contribution in [-0.4, -0.2) is 9.97 Å². The van der Waals surface area contributed by atoms with Gasteiger partial charge in [0.05, 0.1) is 11.9 Å². The zero-order valence-corrected chi connectivity index (χ0v) is 8.22. The van der Waals surface area contributed by atoms with Gasteiger partial charge in [0.25, 0.3) is 0 Å². The van der Waals surface area contributed by atoms with Crippen molar-refractivity contribution in [2.45, 2.75) is 0 Å². The second-order valence-electron chi connectivity index (χ2n) is 3.06. The molecule has 0 atom stereocenters. The SMILES string of the molecule is C=C=Cc1ccc(-c2cnccn2)cc1. The van der Waals surface area contributed by atoms with Gasteiger partial charge in [-0.3, -0.25) is 9.97 Å². The van der Waals surface area contributed by atoms with Crippen molar-refractivity contribution < 1.29 is 0 Å². The highest BCUT2D eigenvalue weighted by Gasteiger charge is 1.97. The summed E-state index contributed by atoms with van der Waals surface area (Å²) in [5, 5.41) is 0. The lowest BCUT2D eigenvalue weighted by Crippen LogP contribution is -1.83. The third-order valence-corrected chi connectivity index (χ3v) is 2.04. The van der Waals surface area contributed by atoms with Crippen molar-refractivity contribution in [2.24, 2.45) is 0 Å². The molecule has 0 N–H and O–H groups in total. The van der Waals surface area contributed by atoms with E-state index in [-0.39, 0.29) is 0 Å². The van der Waals surface area contributed by atoms with E-state index in [0.717, 1.165) is 16.8 Å². The van der Waals surface area contributed by atoms with E-state index in [9.17, 15) is 0 Å². The largest absolute Gasteiger partial charge is 0.261 e. The topological polar surface area (TPSA) is 25.8 Å². The first-order valence-electron chi connectivity index (χ1n) is 4.62. The van der Waals surface area contributed by atoms with E-state index >= 15 is 0 Å². The average molecular weight is 194 g/mol. The predicted molar refractivity (Wildman–Crippen MR) is 61.1 cm³/mol. The highest BCUT2D eigenvalue weighted by molar-refractivity contribution is 5.61. The van der Waals surface area contributed by atoms with Gasteiger partial charge >= 0.3 is 0 Å². The summed E-state index contributed by atoms with van der Waals surface area (Å²) in [4.78, 5) is 8.25. The second-order valence-corrected chi connectivity index (χ2v) is 3.06. The summed E-state index contributed by atoms with van der Waals surface area (Å²) >= 11 is 0. The van der Waals surface area contributed by atoms with Gasteiger partial charge in [-0.1, -0.05) is 30.8 Å². The molecule has 1 heterocycles. The van der Waals surface area contributed by atoms with Crippen LogP contribution in [0.25, 0.3) is 17.3 Å². The van der Waals surface area contributed by atoms with Gasteiger partial charge in [0.2, 0.25) is 0 Å². The minimum Gasteiger partial charge on any atom is -0.261 e. The van der Waals surface area contributed by atoms with Gasteiger partial charge in [0.1, 0.15) is 0 Å². The third kappa shape index (κ3) is 2.19. The van der Waals surface area contributed by atoms with Gasteiger partial charge < -0.3 is 0 Å². The maximum absolute atomic E-state index is 4.22. The van der Waals surface area contributed by atoms with Crippen molar-refractivity contribution in [3.63, 3.8) is 0 Å². The Morgan fingerprint density at radius 3 is 2.53 bits per heavy atom. The van der Waals surface area contributed by atoms with E-state index in [2.05, 4.69) is 22.3 Å². The number of aromatic nitrogens is 2. The fourth-order valence-corrected chi connectivity index (χ4v) is 1.32. The monoisotopic (exact) mass is 194 g/mol. The Labute approximate surface area is 88.6 Å². The predicted octanol–water partition coefficient (Wildman–Crippen LogP) is 2.94. The van der Waals surface area contributed by atoms with Gasteiger partial charge in [-0.25, -0.2) is 0 Å². The fourth-order valence-electron chi connectivity index (χ4n) is 1.32. The third-order valence-electron chi connectivity index (χ3n) is 2.04. The molecule has 0 aliphatic carbocycles. The number of rotatable bonds is 2. The molecule has 1 aromatic heterocycles. The molecular formula is C13H10N2. The minimum atomic E-state index is 0.881. The van der Waals surface area contributed by atoms with Crippen molar-refractivity contribution in [1.29, 1.82) is 0 Å². The Bertz CT molecular complexity index is 480. The summed E-state index contributed by atoms with van der Waals surface area (Å²) in [6, 6.07) is 8.02. The molecule has 1 aromatic carbocycles. The van der Waals surface area contributed by atoms with Crippen LogP contribution >= 0.6 is 0 Å². The van der Waals surface area contributed by atoms with E-state index in [1.165, 1.54) is 0 Å². The van der Waals surface area contributed by atoms with Crippen molar-refractivity contribution in [3.05, 3.63) is 60.7 Å². The zero-order valence-electron chi connectivity index (χ0n) is 8.22. The molecule has 2 nitrogen and oxygen atoms in total. The Hall–Kier alpha value is -2.18. The van der Waals surface area contributed by atoms with Gasteiger partial charge in [0.15, 0.2) is 0 Å². The van der Waals surface area contributed by atoms with Crippen LogP contribution in [0.2, 0.25) is 0 Å². The van der Waals surface area contributed by atoms with E-state index in [1.54, 1.807) is 18.6 Å². The Balaban J connectivity index is 2.36. The van der Waals surface area contributed by atoms with Gasteiger partial charge in [-0.05, 0) is 11.6 Å². The summed E-state index contributed by atoms with van der Waals surface area (Å²) in [5.74, 6) is 0. The first kappa shape index (κ1) is 9.38. The minimum absolute atomic E-state index is 0.881. The lowest BCUT2D eigenvalue weighted by molar-refractivity contribution is 1.21. The Kier molecular flexibility index (Phi) is 2.72. The normalized spacial score (nSPS) is 9.33. The summed E-state index contributed by atoms with van der Waals surface area (Å²) in [6.45, 7) is 3.53. The summed E-state index contributed by atoms with van der Waals surface area (Å²) in [7, 11) is 0. The van der Waals surface area contributed by atoms with E-state index < -0.39 is 0 Å². The van der Waals surface area contributed by atoms with Crippen LogP contribution < -0.4 is 0 Å². The van der Waals surface area contributed by atoms with E-state index in [4.69, 9.17) is 0 Å². The van der Waals surface area contributed by atoms with Crippen LogP contribution in [-0.2, 0) is 0 Å². The van der Waals surface area contributed by atoms with Gasteiger partial charge in [-0.2, -0.15) is 0 Å². The lowest BCUT2D eigenvalue weighted by Gasteiger charge is -1.99. The average Bonchev–Trinajstić information content (AvgIpc) is 2.32. The fraction of sp³-hybridized carbons (Fsp3) is 0. The molecule has 2 aromatic rings. The van der Waals surface area contributed by atoms with Crippen LogP contribution in [0.4, 0.5) is 0 Å². The van der Waals surface area contributed by atoms with E-state index in [0.29, 0.717) is 0 Å². The number of hydrogen-bond acceptors (Lipinski definition) is 2. The molecular weight excluding hydrogens is 184 g/mol. The molecule has 0 unspecified atom stereocenters. The Morgan fingerprint density at radius 1 is 1.13 bits per heavy atom. The summed E-state index contributed by atoms with van der Waals surface area (Å²) in [6.07, 6.45) is 6.93. The molecule has 0 saturated carbocycles. The van der Waals surface area contributed by atoms with Crippen LogP contribution in [0.3, 0.4) is 0 Å². The molecule has 0 amide bonds. The zero-order chi connectivity index (χ0) is 10.5. The molecule has 2 heteroatoms. The number of hydrogen-bond donors (Lipinski definition) is 0. The summed E-state index contributed by atoms with van der Waals surface area (Å²) < 4.78 is 0. The van der Waals surface area contributed by atoms with Crippen LogP contribution in [0.1, 0.15) is 5.56 Å². The molecule has 0 radical (unpaired) electrons. The maximum Gasteiger partial charge on any atom is 0.0885 e. The molecule has 72 valence electrons. The maximum atomic E-state index is 4.22. The van der Waals surface area contributed by atoms with Crippen molar-refractivity contribution >= 4 is 6.08 Å². The molecule has 0 aliphatic rings. The standard InChI is InChI=1S/C13H10N2/c1-2-3-11-4-6-12(7-5-11)13-10-14-8-9-15-13/h3-10H,1H2. The van der Waals surface area contributed by atoms with Crippen molar-refractivity contribution in [3.8, 4) is 11.3 Å². The molecule has 0 saturated heterocycles. The number of benzene rings is 1. The van der Waals surface area contributed by atoms with E-state index in [1.807, 2.05) is 30.3 Å². The molecule has 0 aliphatic heterocycles. The molecule has 0 spiro atoms. The Morgan fingerprint density at radius 2 is 1.93 bits per heavy atom. The second kappa shape index (κ2) is 4.36. The first-order chi connectivity index (χ1) is 7.40. The van der Waals surface area contributed by atoms with Crippen LogP contribution in [0.15, 0.2) is 55.2 Å². The van der Waals surface area contributed by atoms with Crippen molar-refractivity contribution in [2.75, 3.05) is 0 Å². The van der Waals surface area contributed by atoms with Crippen LogP contribution in [0, 0.1) is 0 Å². The lowest BCUT2D eigenvalue weighted by atomic mass is 10.1. The molecule has 15 heavy (non-hydrogen) atoms. The molecule has 2 rings (SSSR count). The number of nitrogens with zero attached hydrogens (tertiary/aromatic N) is 2. The van der Waals surface area contributed by atoms with Gasteiger partial charge in [-0.15, -0.1) is 5.73 Å². The van der Waals surface area contributed by atoms with Crippen LogP contribution in [0.5, 0.6) is 0 Å². The summed E-state index contributed by atoms with van der Waals surface area (Å²) in [5.41, 5.74) is 5.76. The first-order valence-corrected chi connectivity index (χ1v) is 4.62. The smallest absolute Gasteiger partial charge is 0.0885 e. The highest BCUT2D eigenvalue weighted by Crippen LogP contribution is 2.16.